The van der Waals surface area contributed by atoms with Gasteiger partial charge in [-0.3, -0.25) is 14.7 Å². The number of hydrogen-bond donors (Lipinski definition) is 0. The molecule has 0 spiro atoms. The lowest BCUT2D eigenvalue weighted by molar-refractivity contribution is -0.146. The third-order valence-electron chi connectivity index (χ3n) is 4.13. The summed E-state index contributed by atoms with van der Waals surface area (Å²) in [5, 5.41) is 0. The molecule has 0 amide bonds. The number of carbonyl (C=O) groups is 1. The first kappa shape index (κ1) is 15.7. The maximum Gasteiger partial charge on any atom is 0.316 e. The van der Waals surface area contributed by atoms with Gasteiger partial charge in [-0.15, -0.1) is 0 Å². The van der Waals surface area contributed by atoms with Gasteiger partial charge in [-0.25, -0.2) is 4.98 Å². The maximum atomic E-state index is 12.4. The van der Waals surface area contributed by atoms with E-state index in [9.17, 15) is 4.79 Å². The molecule has 0 N–H and O–H groups in total. The Hall–Kier alpha value is -2.21. The Morgan fingerprint density at radius 1 is 1.35 bits per heavy atom. The van der Waals surface area contributed by atoms with E-state index in [1.807, 2.05) is 31.5 Å². The Kier molecular flexibility index (Phi) is 4.71. The molecule has 1 aliphatic rings. The van der Waals surface area contributed by atoms with Crippen LogP contribution in [-0.4, -0.2) is 38.6 Å². The number of imidazole rings is 1. The quantitative estimate of drug-likeness (QED) is 0.790. The molecule has 0 aromatic carbocycles. The van der Waals surface area contributed by atoms with E-state index in [-0.39, 0.29) is 11.9 Å². The first-order chi connectivity index (χ1) is 11.2. The van der Waals surface area contributed by atoms with Crippen LogP contribution >= 0.6 is 0 Å². The number of nitrogens with zero attached hydrogens (tertiary/aromatic N) is 4. The van der Waals surface area contributed by atoms with E-state index in [4.69, 9.17) is 4.74 Å². The van der Waals surface area contributed by atoms with E-state index in [0.29, 0.717) is 19.7 Å². The first-order valence-electron chi connectivity index (χ1n) is 8.05. The molecule has 6 heteroatoms. The van der Waals surface area contributed by atoms with Crippen molar-refractivity contribution in [2.45, 2.75) is 39.4 Å². The van der Waals surface area contributed by atoms with Gasteiger partial charge >= 0.3 is 5.97 Å². The summed E-state index contributed by atoms with van der Waals surface area (Å²) in [6.07, 6.45) is 3.61. The van der Waals surface area contributed by atoms with Crippen LogP contribution in [0.3, 0.4) is 0 Å². The monoisotopic (exact) mass is 314 g/mol. The molecule has 1 atom stereocenters. The fraction of sp³-hybridized carbons (Fsp3) is 0.471. The summed E-state index contributed by atoms with van der Waals surface area (Å²) < 4.78 is 7.33. The highest BCUT2D eigenvalue weighted by Crippen LogP contribution is 2.29. The van der Waals surface area contributed by atoms with Gasteiger partial charge in [0.2, 0.25) is 0 Å². The zero-order chi connectivity index (χ0) is 16.2. The Morgan fingerprint density at radius 2 is 2.22 bits per heavy atom. The highest BCUT2D eigenvalue weighted by Gasteiger charge is 2.35. The lowest BCUT2D eigenvalue weighted by Crippen LogP contribution is -2.38. The van der Waals surface area contributed by atoms with Crippen LogP contribution < -0.4 is 0 Å². The molecule has 3 heterocycles. The van der Waals surface area contributed by atoms with Crippen LogP contribution in [0.5, 0.6) is 0 Å². The zero-order valence-corrected chi connectivity index (χ0v) is 13.6. The third-order valence-corrected chi connectivity index (χ3v) is 4.13. The van der Waals surface area contributed by atoms with Gasteiger partial charge in [-0.05, 0) is 26.0 Å². The minimum atomic E-state index is -0.287. The second-order valence-electron chi connectivity index (χ2n) is 5.66. The van der Waals surface area contributed by atoms with Crippen molar-refractivity contribution >= 4 is 5.97 Å². The highest BCUT2D eigenvalue weighted by molar-refractivity contribution is 5.78. The molecule has 0 fully saturated rings. The van der Waals surface area contributed by atoms with Crippen LogP contribution in [0.25, 0.3) is 0 Å². The molecule has 1 aliphatic heterocycles. The maximum absolute atomic E-state index is 12.4. The second kappa shape index (κ2) is 6.91. The summed E-state index contributed by atoms with van der Waals surface area (Å²) in [7, 11) is 0. The standard InChI is InChI=1S/C17H22N4O2/c1-3-21-12-19-15-11-20(9-13-7-5-6-8-18-13)10-14(16(15)21)17(22)23-4-2/h5-8,12,14H,3-4,9-11H2,1-2H3/t14-/m1/s1. The van der Waals surface area contributed by atoms with Crippen molar-refractivity contribution in [1.82, 2.24) is 19.4 Å². The van der Waals surface area contributed by atoms with Crippen molar-refractivity contribution in [1.29, 1.82) is 0 Å². The smallest absolute Gasteiger partial charge is 0.316 e. The normalized spacial score (nSPS) is 17.7. The largest absolute Gasteiger partial charge is 0.465 e. The van der Waals surface area contributed by atoms with Gasteiger partial charge in [0.05, 0.1) is 30.0 Å². The number of rotatable bonds is 5. The third kappa shape index (κ3) is 3.27. The molecule has 0 radical (unpaired) electrons. The highest BCUT2D eigenvalue weighted by atomic mass is 16.5. The molecule has 2 aromatic rings. The number of ether oxygens (including phenoxy) is 1. The second-order valence-corrected chi connectivity index (χ2v) is 5.66. The minimum Gasteiger partial charge on any atom is -0.465 e. The van der Waals surface area contributed by atoms with Gasteiger partial charge in [0.25, 0.3) is 0 Å². The van der Waals surface area contributed by atoms with E-state index >= 15 is 0 Å². The van der Waals surface area contributed by atoms with Crippen molar-refractivity contribution in [3.05, 3.63) is 47.8 Å². The SMILES string of the molecule is CCOC(=O)[C@@H]1CN(Cc2ccccn2)Cc2ncn(CC)c21. The van der Waals surface area contributed by atoms with E-state index < -0.39 is 0 Å². The van der Waals surface area contributed by atoms with E-state index in [0.717, 1.165) is 30.2 Å². The summed E-state index contributed by atoms with van der Waals surface area (Å²) in [5.41, 5.74) is 2.96. The predicted octanol–water partition coefficient (Wildman–Crippen LogP) is 1.96. The van der Waals surface area contributed by atoms with Gasteiger partial charge in [0, 0.05) is 32.4 Å². The molecular weight excluding hydrogens is 292 g/mol. The van der Waals surface area contributed by atoms with Crippen molar-refractivity contribution < 1.29 is 9.53 Å². The number of carbonyl (C=O) groups excluding carboxylic acids is 1. The van der Waals surface area contributed by atoms with E-state index in [1.165, 1.54) is 0 Å². The average molecular weight is 314 g/mol. The summed E-state index contributed by atoms with van der Waals surface area (Å²) >= 11 is 0. The number of aromatic nitrogens is 3. The molecule has 0 unspecified atom stereocenters. The summed E-state index contributed by atoms with van der Waals surface area (Å²) in [5.74, 6) is -0.459. The topological polar surface area (TPSA) is 60.2 Å². The fourth-order valence-electron chi connectivity index (χ4n) is 3.10. The Balaban J connectivity index is 1.86. The Labute approximate surface area is 136 Å². The van der Waals surface area contributed by atoms with Crippen molar-refractivity contribution in [3.8, 4) is 0 Å². The number of fused-ring (bicyclic) bond motifs is 1. The molecule has 122 valence electrons. The van der Waals surface area contributed by atoms with Crippen LogP contribution in [0.2, 0.25) is 0 Å². The first-order valence-corrected chi connectivity index (χ1v) is 8.05. The number of aryl methyl sites for hydroxylation is 1. The number of pyridine rings is 1. The average Bonchev–Trinajstić information content (AvgIpc) is 2.98. The Morgan fingerprint density at radius 3 is 2.91 bits per heavy atom. The minimum absolute atomic E-state index is 0.172. The molecule has 2 aromatic heterocycles. The molecule has 23 heavy (non-hydrogen) atoms. The molecule has 0 saturated carbocycles. The summed E-state index contributed by atoms with van der Waals surface area (Å²) in [6.45, 7) is 7.16. The van der Waals surface area contributed by atoms with Gasteiger partial charge in [-0.2, -0.15) is 0 Å². The molecule has 0 bridgehead atoms. The molecule has 6 nitrogen and oxygen atoms in total. The predicted molar refractivity (Wildman–Crippen MR) is 85.6 cm³/mol. The lowest BCUT2D eigenvalue weighted by atomic mass is 9.98. The van der Waals surface area contributed by atoms with E-state index in [2.05, 4.69) is 26.4 Å². The van der Waals surface area contributed by atoms with Crippen molar-refractivity contribution in [2.24, 2.45) is 0 Å². The fourth-order valence-corrected chi connectivity index (χ4v) is 3.10. The van der Waals surface area contributed by atoms with Crippen LogP contribution in [-0.2, 0) is 29.2 Å². The lowest BCUT2D eigenvalue weighted by Gasteiger charge is -2.31. The zero-order valence-electron chi connectivity index (χ0n) is 13.6. The van der Waals surface area contributed by atoms with Crippen LogP contribution in [0, 0.1) is 0 Å². The molecule has 0 aliphatic carbocycles. The molecule has 0 saturated heterocycles. The van der Waals surface area contributed by atoms with Crippen LogP contribution in [0.15, 0.2) is 30.7 Å². The number of esters is 1. The summed E-state index contributed by atoms with van der Waals surface area (Å²) in [6, 6.07) is 5.88. The molecular formula is C17H22N4O2. The van der Waals surface area contributed by atoms with Crippen molar-refractivity contribution in [3.63, 3.8) is 0 Å². The Bertz CT molecular complexity index is 668. The van der Waals surface area contributed by atoms with Gasteiger partial charge in [0.1, 0.15) is 5.92 Å². The summed E-state index contributed by atoms with van der Waals surface area (Å²) in [4.78, 5) is 23.5. The number of hydrogen-bond acceptors (Lipinski definition) is 5. The van der Waals surface area contributed by atoms with Crippen LogP contribution in [0.4, 0.5) is 0 Å². The van der Waals surface area contributed by atoms with Gasteiger partial charge in [0.15, 0.2) is 0 Å². The van der Waals surface area contributed by atoms with Crippen LogP contribution in [0.1, 0.15) is 36.8 Å². The molecule has 3 rings (SSSR count). The van der Waals surface area contributed by atoms with Gasteiger partial charge in [-0.1, -0.05) is 6.07 Å². The van der Waals surface area contributed by atoms with E-state index in [1.54, 1.807) is 6.20 Å². The van der Waals surface area contributed by atoms with Gasteiger partial charge < -0.3 is 9.30 Å². The van der Waals surface area contributed by atoms with Crippen molar-refractivity contribution in [2.75, 3.05) is 13.2 Å².